The van der Waals surface area contributed by atoms with E-state index in [2.05, 4.69) is 15.2 Å². The Hall–Kier alpha value is -3.50. The van der Waals surface area contributed by atoms with Crippen LogP contribution in [0.25, 0.3) is 10.8 Å². The summed E-state index contributed by atoms with van der Waals surface area (Å²) in [5, 5.41) is 7.97. The van der Waals surface area contributed by atoms with Crippen LogP contribution in [-0.2, 0) is 17.4 Å². The number of nitrogens with zero attached hydrogens (tertiary/aromatic N) is 4. The SMILES string of the molecule is O=C(CCCc1n[nH]c(=O)c2ccccc12)N1C2CCC1CN(c1ncc(C(F)(F)F)cc1F)C2. The summed E-state index contributed by atoms with van der Waals surface area (Å²) in [7, 11) is 0. The van der Waals surface area contributed by atoms with E-state index in [1.165, 1.54) is 0 Å². The first-order chi connectivity index (χ1) is 16.7. The predicted octanol–water partition coefficient (Wildman–Crippen LogP) is 3.68. The maximum Gasteiger partial charge on any atom is 0.417 e. The molecule has 35 heavy (non-hydrogen) atoms. The van der Waals surface area contributed by atoms with Crippen molar-refractivity contribution in [2.75, 3.05) is 18.0 Å². The zero-order chi connectivity index (χ0) is 24.7. The minimum Gasteiger partial charge on any atom is -0.350 e. The van der Waals surface area contributed by atoms with Crippen LogP contribution in [-0.4, -0.2) is 51.2 Å². The van der Waals surface area contributed by atoms with Gasteiger partial charge in [-0.3, -0.25) is 9.59 Å². The Balaban J connectivity index is 1.23. The zero-order valence-electron chi connectivity index (χ0n) is 18.7. The molecule has 0 aliphatic carbocycles. The molecule has 2 aliphatic rings. The molecule has 4 heterocycles. The maximum atomic E-state index is 14.4. The highest BCUT2D eigenvalue weighted by Gasteiger charge is 2.43. The number of nitrogens with one attached hydrogen (secondary N) is 1. The van der Waals surface area contributed by atoms with Gasteiger partial charge in [0.25, 0.3) is 5.56 Å². The first kappa shape index (κ1) is 23.3. The summed E-state index contributed by atoms with van der Waals surface area (Å²) in [6.07, 6.45) is -1.13. The Morgan fingerprint density at radius 2 is 1.80 bits per heavy atom. The fourth-order valence-corrected chi connectivity index (χ4v) is 5.20. The Morgan fingerprint density at radius 1 is 1.11 bits per heavy atom. The third-order valence-corrected chi connectivity index (χ3v) is 6.80. The van der Waals surface area contributed by atoms with E-state index in [1.54, 1.807) is 17.0 Å². The number of halogens is 4. The number of alkyl halides is 3. The molecule has 2 aromatic heterocycles. The normalized spacial score (nSPS) is 20.0. The van der Waals surface area contributed by atoms with Gasteiger partial charge >= 0.3 is 6.18 Å². The van der Waals surface area contributed by atoms with E-state index >= 15 is 0 Å². The molecule has 0 saturated carbocycles. The first-order valence-electron chi connectivity index (χ1n) is 11.5. The van der Waals surface area contributed by atoms with Gasteiger partial charge in [0.05, 0.1) is 16.6 Å². The van der Waals surface area contributed by atoms with Crippen LogP contribution in [0.5, 0.6) is 0 Å². The molecule has 2 fully saturated rings. The number of H-pyrrole nitrogens is 1. The van der Waals surface area contributed by atoms with Gasteiger partial charge in [-0.15, -0.1) is 0 Å². The molecular weight excluding hydrogens is 466 g/mol. The van der Waals surface area contributed by atoms with Crippen molar-refractivity contribution in [1.82, 2.24) is 20.1 Å². The number of piperazine rings is 1. The fourth-order valence-electron chi connectivity index (χ4n) is 5.20. The van der Waals surface area contributed by atoms with Crippen LogP contribution >= 0.6 is 0 Å². The third-order valence-electron chi connectivity index (χ3n) is 6.80. The average molecular weight is 489 g/mol. The second kappa shape index (κ2) is 8.94. The molecule has 2 bridgehead atoms. The van der Waals surface area contributed by atoms with Crippen molar-refractivity contribution < 1.29 is 22.4 Å². The molecular formula is C24H23F4N5O2. The maximum absolute atomic E-state index is 14.4. The van der Waals surface area contributed by atoms with Crippen molar-refractivity contribution in [1.29, 1.82) is 0 Å². The van der Waals surface area contributed by atoms with Crippen LogP contribution in [0.1, 0.15) is 36.9 Å². The summed E-state index contributed by atoms with van der Waals surface area (Å²) >= 11 is 0. The number of hydrogen-bond donors (Lipinski definition) is 1. The molecule has 2 unspecified atom stereocenters. The molecule has 2 saturated heterocycles. The lowest BCUT2D eigenvalue weighted by atomic mass is 10.1. The number of benzene rings is 1. The van der Waals surface area contributed by atoms with E-state index in [1.807, 2.05) is 17.0 Å². The summed E-state index contributed by atoms with van der Waals surface area (Å²) in [6, 6.07) is 7.37. The standard InChI is InChI=1S/C24H23F4N5O2/c25-19-10-14(24(26,27)28)11-29-22(19)32-12-15-8-9-16(13-32)33(15)21(34)7-3-6-20-17-4-1-2-5-18(17)23(35)31-30-20/h1-2,4-5,10-11,15-16H,3,6-9,12-13H2,(H,31,35). The largest absolute Gasteiger partial charge is 0.417 e. The molecule has 0 spiro atoms. The number of rotatable bonds is 5. The van der Waals surface area contributed by atoms with Gasteiger partial charge in [0.15, 0.2) is 11.6 Å². The molecule has 7 nitrogen and oxygen atoms in total. The van der Waals surface area contributed by atoms with Crippen molar-refractivity contribution in [3.05, 3.63) is 64.0 Å². The van der Waals surface area contributed by atoms with Gasteiger partial charge < -0.3 is 9.80 Å². The first-order valence-corrected chi connectivity index (χ1v) is 11.5. The number of carbonyl (C=O) groups is 1. The quantitative estimate of drug-likeness (QED) is 0.553. The van der Waals surface area contributed by atoms with Crippen molar-refractivity contribution in [3.63, 3.8) is 0 Å². The van der Waals surface area contributed by atoms with E-state index in [-0.39, 0.29) is 29.4 Å². The molecule has 1 aromatic carbocycles. The van der Waals surface area contributed by atoms with Crippen LogP contribution in [0.2, 0.25) is 0 Å². The van der Waals surface area contributed by atoms with Crippen molar-refractivity contribution in [2.24, 2.45) is 0 Å². The number of anilines is 1. The van der Waals surface area contributed by atoms with Crippen molar-refractivity contribution in [3.8, 4) is 0 Å². The average Bonchev–Trinajstić information content (AvgIpc) is 3.09. The minimum atomic E-state index is -4.66. The fraction of sp³-hybridized carbons (Fsp3) is 0.417. The number of pyridine rings is 1. The van der Waals surface area contributed by atoms with Crippen LogP contribution in [0.4, 0.5) is 23.4 Å². The van der Waals surface area contributed by atoms with Gasteiger partial charge in [-0.05, 0) is 37.8 Å². The minimum absolute atomic E-state index is 0.00766. The summed E-state index contributed by atoms with van der Waals surface area (Å²) < 4.78 is 53.0. The zero-order valence-corrected chi connectivity index (χ0v) is 18.7. The molecule has 0 radical (unpaired) electrons. The van der Waals surface area contributed by atoms with Crippen molar-refractivity contribution in [2.45, 2.75) is 50.4 Å². The Bertz CT molecular complexity index is 1310. The van der Waals surface area contributed by atoms with E-state index in [9.17, 15) is 27.2 Å². The van der Waals surface area contributed by atoms with Crippen LogP contribution in [0, 0.1) is 5.82 Å². The molecule has 2 aliphatic heterocycles. The van der Waals surface area contributed by atoms with Gasteiger partial charge in [-0.25, -0.2) is 14.5 Å². The molecule has 3 aromatic rings. The molecule has 184 valence electrons. The van der Waals surface area contributed by atoms with Gasteiger partial charge in [0, 0.05) is 43.2 Å². The number of hydrogen-bond acceptors (Lipinski definition) is 5. The smallest absolute Gasteiger partial charge is 0.350 e. The second-order valence-corrected chi connectivity index (χ2v) is 9.02. The van der Waals surface area contributed by atoms with Crippen LogP contribution in [0.15, 0.2) is 41.3 Å². The van der Waals surface area contributed by atoms with Crippen LogP contribution < -0.4 is 10.5 Å². The Morgan fingerprint density at radius 3 is 2.46 bits per heavy atom. The van der Waals surface area contributed by atoms with E-state index in [0.29, 0.717) is 50.0 Å². The monoisotopic (exact) mass is 489 g/mol. The lowest BCUT2D eigenvalue weighted by molar-refractivity contribution is -0.138. The van der Waals surface area contributed by atoms with Gasteiger partial charge in [-0.2, -0.15) is 18.3 Å². The van der Waals surface area contributed by atoms with Gasteiger partial charge in [0.2, 0.25) is 5.91 Å². The number of carbonyl (C=O) groups excluding carboxylic acids is 1. The number of fused-ring (bicyclic) bond motifs is 3. The van der Waals surface area contributed by atoms with E-state index < -0.39 is 17.6 Å². The predicted molar refractivity (Wildman–Crippen MR) is 120 cm³/mol. The summed E-state index contributed by atoms with van der Waals surface area (Å²) in [5.41, 5.74) is -0.654. The molecule has 5 rings (SSSR count). The number of aromatic amines is 1. The number of aryl methyl sites for hydroxylation is 1. The highest BCUT2D eigenvalue weighted by molar-refractivity contribution is 5.83. The van der Waals surface area contributed by atoms with Crippen LogP contribution in [0.3, 0.4) is 0 Å². The second-order valence-electron chi connectivity index (χ2n) is 9.02. The topological polar surface area (TPSA) is 82.2 Å². The lowest BCUT2D eigenvalue weighted by Crippen LogP contribution is -2.56. The van der Waals surface area contributed by atoms with Gasteiger partial charge in [-0.1, -0.05) is 18.2 Å². The molecule has 1 N–H and O–H groups in total. The number of aromatic nitrogens is 3. The van der Waals surface area contributed by atoms with Gasteiger partial charge in [0.1, 0.15) is 0 Å². The third kappa shape index (κ3) is 4.46. The highest BCUT2D eigenvalue weighted by Crippen LogP contribution is 2.35. The van der Waals surface area contributed by atoms with Crippen molar-refractivity contribution >= 4 is 22.5 Å². The Kier molecular flexibility index (Phi) is 5.94. The molecule has 2 atom stereocenters. The summed E-state index contributed by atoms with van der Waals surface area (Å²) in [5.74, 6) is -1.13. The number of amides is 1. The lowest BCUT2D eigenvalue weighted by Gasteiger charge is -2.41. The van der Waals surface area contributed by atoms with E-state index in [4.69, 9.17) is 0 Å². The van der Waals surface area contributed by atoms with E-state index in [0.717, 1.165) is 23.9 Å². The summed E-state index contributed by atoms with van der Waals surface area (Å²) in [4.78, 5) is 32.2. The highest BCUT2D eigenvalue weighted by atomic mass is 19.4. The Labute approximate surface area is 197 Å². The molecule has 1 amide bonds. The summed E-state index contributed by atoms with van der Waals surface area (Å²) in [6.45, 7) is 0.646. The molecule has 11 heteroatoms.